The minimum Gasteiger partial charge on any atom is -0.365 e. The number of carbonyl (C=O) groups is 2. The zero-order valence-corrected chi connectivity index (χ0v) is 16.9. The van der Waals surface area contributed by atoms with Crippen molar-refractivity contribution in [2.24, 2.45) is 5.73 Å². The number of hydrogen-bond donors (Lipinski definition) is 1. The van der Waals surface area contributed by atoms with E-state index in [0.717, 1.165) is 11.1 Å². The molecule has 158 valence electrons. The Kier molecular flexibility index (Phi) is 5.66. The van der Waals surface area contributed by atoms with Gasteiger partial charge in [0.05, 0.1) is 13.0 Å². The number of aromatic nitrogens is 1. The summed E-state index contributed by atoms with van der Waals surface area (Å²) in [6, 6.07) is 15.4. The maximum absolute atomic E-state index is 13.4. The predicted molar refractivity (Wildman–Crippen MR) is 114 cm³/mol. The number of nitrogens with two attached hydrogens (primary N) is 1. The van der Waals surface area contributed by atoms with Crippen LogP contribution < -0.4 is 11.3 Å². The van der Waals surface area contributed by atoms with E-state index in [1.54, 1.807) is 23.2 Å². The highest BCUT2D eigenvalue weighted by atomic mass is 19.1. The highest BCUT2D eigenvalue weighted by Crippen LogP contribution is 2.22. The summed E-state index contributed by atoms with van der Waals surface area (Å²) in [4.78, 5) is 39.5. The summed E-state index contributed by atoms with van der Waals surface area (Å²) < 4.78 is 14.9. The minimum absolute atomic E-state index is 0.00865. The van der Waals surface area contributed by atoms with Crippen molar-refractivity contribution in [3.8, 4) is 0 Å². The molecule has 0 radical (unpaired) electrons. The van der Waals surface area contributed by atoms with Crippen LogP contribution in [0.4, 0.5) is 4.39 Å². The van der Waals surface area contributed by atoms with E-state index in [-0.39, 0.29) is 30.3 Å². The lowest BCUT2D eigenvalue weighted by atomic mass is 9.95. The fourth-order valence-corrected chi connectivity index (χ4v) is 4.01. The van der Waals surface area contributed by atoms with E-state index in [1.165, 1.54) is 16.7 Å². The molecule has 0 spiro atoms. The maximum atomic E-state index is 13.4. The number of halogens is 1. The molecule has 2 aromatic carbocycles. The van der Waals surface area contributed by atoms with Crippen molar-refractivity contribution in [2.75, 3.05) is 6.54 Å². The molecule has 3 aromatic rings. The molecule has 0 fully saturated rings. The molecule has 2 amide bonds. The first-order valence-corrected chi connectivity index (χ1v) is 10.0. The highest BCUT2D eigenvalue weighted by molar-refractivity contribution is 5.94. The van der Waals surface area contributed by atoms with Crippen molar-refractivity contribution in [3.05, 3.63) is 105 Å². The van der Waals surface area contributed by atoms with Gasteiger partial charge in [0.2, 0.25) is 5.91 Å². The Morgan fingerprint density at radius 3 is 2.48 bits per heavy atom. The molecule has 2 N–H and O–H groups in total. The van der Waals surface area contributed by atoms with Gasteiger partial charge in [-0.2, -0.15) is 0 Å². The Bertz CT molecular complexity index is 1200. The molecular weight excluding hydrogens is 397 g/mol. The lowest BCUT2D eigenvalue weighted by Crippen LogP contribution is -2.41. The zero-order chi connectivity index (χ0) is 22.0. The van der Waals surface area contributed by atoms with Crippen LogP contribution in [-0.4, -0.2) is 27.8 Å². The van der Waals surface area contributed by atoms with Crippen LogP contribution >= 0.6 is 0 Å². The molecule has 31 heavy (non-hydrogen) atoms. The Morgan fingerprint density at radius 2 is 1.77 bits per heavy atom. The molecule has 0 saturated heterocycles. The average molecular weight is 419 g/mol. The molecule has 0 saturated carbocycles. The van der Waals surface area contributed by atoms with Gasteiger partial charge in [-0.05, 0) is 40.8 Å². The summed E-state index contributed by atoms with van der Waals surface area (Å²) in [6.45, 7) is 0.923. The number of fused-ring (bicyclic) bond motifs is 1. The van der Waals surface area contributed by atoms with Gasteiger partial charge in [0.15, 0.2) is 0 Å². The van der Waals surface area contributed by atoms with Gasteiger partial charge < -0.3 is 15.2 Å². The number of rotatable bonds is 5. The summed E-state index contributed by atoms with van der Waals surface area (Å²) in [7, 11) is 0. The van der Waals surface area contributed by atoms with E-state index >= 15 is 0 Å². The van der Waals surface area contributed by atoms with Gasteiger partial charge in [0.25, 0.3) is 11.5 Å². The van der Waals surface area contributed by atoms with Crippen molar-refractivity contribution in [2.45, 2.75) is 25.9 Å². The molecule has 1 aliphatic heterocycles. The van der Waals surface area contributed by atoms with Gasteiger partial charge in [0, 0.05) is 19.3 Å². The topological polar surface area (TPSA) is 85.4 Å². The molecule has 6 nitrogen and oxygen atoms in total. The summed E-state index contributed by atoms with van der Waals surface area (Å²) in [5.74, 6) is -1.29. The molecule has 0 atom stereocenters. The molecule has 0 unspecified atom stereocenters. The number of carbonyl (C=O) groups excluding carboxylic acids is 2. The standard InChI is InChI=1S/C24H22FN3O3/c25-19-8-4-7-17(11-19)12-21(29)27-10-9-20-18(14-27)15-28(24(31)22(20)23(26)30)13-16-5-2-1-3-6-16/h1-8,11,15H,9-10,12-14H2,(H2,26,30). The van der Waals surface area contributed by atoms with Crippen molar-refractivity contribution in [1.82, 2.24) is 9.47 Å². The number of pyridine rings is 1. The second-order valence-corrected chi connectivity index (χ2v) is 7.66. The van der Waals surface area contributed by atoms with Crippen LogP contribution in [0, 0.1) is 5.82 Å². The third kappa shape index (κ3) is 4.40. The number of hydrogen-bond acceptors (Lipinski definition) is 3. The van der Waals surface area contributed by atoms with Crippen LogP contribution in [0.3, 0.4) is 0 Å². The van der Waals surface area contributed by atoms with Crippen LogP contribution in [-0.2, 0) is 30.7 Å². The number of benzene rings is 2. The van der Waals surface area contributed by atoms with Gasteiger partial charge in [0.1, 0.15) is 11.4 Å². The van der Waals surface area contributed by atoms with Gasteiger partial charge in [-0.3, -0.25) is 14.4 Å². The monoisotopic (exact) mass is 419 g/mol. The smallest absolute Gasteiger partial charge is 0.264 e. The minimum atomic E-state index is -0.761. The average Bonchev–Trinajstić information content (AvgIpc) is 2.74. The van der Waals surface area contributed by atoms with Crippen LogP contribution in [0.1, 0.15) is 32.6 Å². The quantitative estimate of drug-likeness (QED) is 0.688. The van der Waals surface area contributed by atoms with Gasteiger partial charge in [-0.15, -0.1) is 0 Å². The first-order valence-electron chi connectivity index (χ1n) is 10.0. The van der Waals surface area contributed by atoms with Crippen LogP contribution in [0.15, 0.2) is 65.6 Å². The van der Waals surface area contributed by atoms with Crippen molar-refractivity contribution in [1.29, 1.82) is 0 Å². The Hall–Kier alpha value is -3.74. The van der Waals surface area contributed by atoms with Gasteiger partial charge in [-0.1, -0.05) is 42.5 Å². The summed E-state index contributed by atoms with van der Waals surface area (Å²) in [6.07, 6.45) is 2.15. The van der Waals surface area contributed by atoms with Crippen LogP contribution in [0.2, 0.25) is 0 Å². The fourth-order valence-electron chi connectivity index (χ4n) is 4.01. The first kappa shape index (κ1) is 20.5. The number of primary amides is 1. The summed E-state index contributed by atoms with van der Waals surface area (Å²) >= 11 is 0. The third-order valence-corrected chi connectivity index (χ3v) is 5.51. The molecule has 0 bridgehead atoms. The van der Waals surface area contributed by atoms with Crippen LogP contribution in [0.5, 0.6) is 0 Å². The van der Waals surface area contributed by atoms with E-state index in [9.17, 15) is 18.8 Å². The van der Waals surface area contributed by atoms with Gasteiger partial charge >= 0.3 is 0 Å². The Labute approximate surface area is 178 Å². The van der Waals surface area contributed by atoms with Crippen LogP contribution in [0.25, 0.3) is 0 Å². The van der Waals surface area contributed by atoms with E-state index in [1.807, 2.05) is 30.3 Å². The molecule has 4 rings (SSSR count). The molecule has 7 heteroatoms. The number of nitrogens with zero attached hydrogens (tertiary/aromatic N) is 2. The molecule has 2 heterocycles. The summed E-state index contributed by atoms with van der Waals surface area (Å²) in [5.41, 5.74) is 7.96. The molecule has 1 aliphatic rings. The molecule has 1 aromatic heterocycles. The Morgan fingerprint density at radius 1 is 1.03 bits per heavy atom. The van der Waals surface area contributed by atoms with Crippen molar-refractivity contribution >= 4 is 11.8 Å². The second-order valence-electron chi connectivity index (χ2n) is 7.66. The highest BCUT2D eigenvalue weighted by Gasteiger charge is 2.27. The predicted octanol–water partition coefficient (Wildman–Crippen LogP) is 2.26. The molecular formula is C24H22FN3O3. The third-order valence-electron chi connectivity index (χ3n) is 5.51. The van der Waals surface area contributed by atoms with E-state index < -0.39 is 11.5 Å². The lowest BCUT2D eigenvalue weighted by Gasteiger charge is -2.30. The first-order chi connectivity index (χ1) is 14.9. The Balaban J connectivity index is 1.63. The second kappa shape index (κ2) is 8.55. The van der Waals surface area contributed by atoms with Crippen molar-refractivity contribution < 1.29 is 14.0 Å². The lowest BCUT2D eigenvalue weighted by molar-refractivity contribution is -0.131. The summed E-state index contributed by atoms with van der Waals surface area (Å²) in [5, 5.41) is 0. The van der Waals surface area contributed by atoms with Crippen molar-refractivity contribution in [3.63, 3.8) is 0 Å². The SMILES string of the molecule is NC(=O)c1c2c(cn(Cc3ccccc3)c1=O)CN(C(=O)Cc1cccc(F)c1)CC2. The van der Waals surface area contributed by atoms with E-state index in [4.69, 9.17) is 5.73 Å². The van der Waals surface area contributed by atoms with E-state index in [0.29, 0.717) is 30.6 Å². The zero-order valence-electron chi connectivity index (χ0n) is 16.9. The number of amides is 2. The fraction of sp³-hybridized carbons (Fsp3) is 0.208. The largest absolute Gasteiger partial charge is 0.365 e. The normalized spacial score (nSPS) is 13.0. The maximum Gasteiger partial charge on any atom is 0.264 e. The van der Waals surface area contributed by atoms with E-state index in [2.05, 4.69) is 0 Å². The van der Waals surface area contributed by atoms with Gasteiger partial charge in [-0.25, -0.2) is 4.39 Å². The molecule has 0 aliphatic carbocycles.